The molecule has 59 heavy (non-hydrogen) atoms. The van der Waals surface area contributed by atoms with Crippen molar-refractivity contribution in [2.45, 2.75) is 131 Å². The second kappa shape index (κ2) is 19.3. The molecule has 0 aromatic heterocycles. The second-order valence-corrected chi connectivity index (χ2v) is 21.8. The molecular weight excluding hydrogens is 753 g/mol. The molecule has 1 aromatic carbocycles. The molecule has 4 unspecified atom stereocenters. The Kier molecular flexibility index (Phi) is 16.2. The van der Waals surface area contributed by atoms with Gasteiger partial charge in [-0.3, -0.25) is 9.69 Å². The number of carboxylic acids is 1. The molecule has 1 aliphatic heterocycles. The lowest BCUT2D eigenvalue weighted by atomic mass is 9.33. The number of allylic oxidation sites excluding steroid dienone is 3. The quantitative estimate of drug-likeness (QED) is 0.219. The van der Waals surface area contributed by atoms with Crippen LogP contribution in [0.4, 0.5) is 0 Å². The van der Waals surface area contributed by atoms with E-state index in [-0.39, 0.29) is 56.6 Å². The molecule has 4 saturated carbocycles. The van der Waals surface area contributed by atoms with Crippen LogP contribution < -0.4 is 5.32 Å². The van der Waals surface area contributed by atoms with E-state index in [9.17, 15) is 23.1 Å². The van der Waals surface area contributed by atoms with Gasteiger partial charge in [-0.25, -0.2) is 13.2 Å². The molecule has 324 valence electrons. The Bertz CT molecular complexity index is 1830. The number of benzene rings is 1. The molecule has 6 aliphatic rings. The summed E-state index contributed by atoms with van der Waals surface area (Å²) in [6.07, 6.45) is 39.8. The number of amides is 1. The van der Waals surface area contributed by atoms with Crippen molar-refractivity contribution in [1.82, 2.24) is 10.2 Å². The maximum atomic E-state index is 14.3. The Labute approximate surface area is 359 Å². The van der Waals surface area contributed by atoms with Crippen molar-refractivity contribution in [1.29, 1.82) is 0 Å². The number of terminal acetylenes is 3. The highest BCUT2D eigenvalue weighted by Gasteiger charge is 2.69. The summed E-state index contributed by atoms with van der Waals surface area (Å²) in [6, 6.07) is 7.23. The van der Waals surface area contributed by atoms with Crippen LogP contribution in [0.2, 0.25) is 0 Å². The molecule has 7 nitrogen and oxygen atoms in total. The van der Waals surface area contributed by atoms with E-state index in [4.69, 9.17) is 0 Å². The monoisotopic (exact) mass is 827 g/mol. The fourth-order valence-electron chi connectivity index (χ4n) is 13.9. The first kappa shape index (κ1) is 49.6. The first-order valence-corrected chi connectivity index (χ1v) is 23.5. The van der Waals surface area contributed by atoms with Crippen LogP contribution in [0.3, 0.4) is 0 Å². The van der Waals surface area contributed by atoms with Gasteiger partial charge in [0.15, 0.2) is 9.84 Å². The average Bonchev–Trinajstić information content (AvgIpc) is 3.62. The predicted octanol–water partition coefficient (Wildman–Crippen LogP) is 9.80. The van der Waals surface area contributed by atoms with E-state index < -0.39 is 15.8 Å². The van der Waals surface area contributed by atoms with E-state index in [1.807, 2.05) is 19.1 Å². The third-order valence-corrected chi connectivity index (χ3v) is 18.0. The lowest BCUT2D eigenvalue weighted by Gasteiger charge is -2.72. The normalized spacial score (nSPS) is 35.2. The standard InChI is InChI=1S/C42H62N2O5S.C3H6.3C2H2/c1-27(2)35(44-23-25-50(48,49)26-24-44)36(45)43-42-18-8-9-32(42)31-14-15-34-39(5)19-16-30(28-10-12-29(13-11-28)37(46)47)38(3,4)33(39)17-20-41(34,7)40(31,6)21-22-42;1-3-2;3*1-2/h10-13,16,27,31-35H,8-9,14-15,17-26H2,1-7H3,(H,43,45)(H,46,47);3H,1H2,2H3;3*1-2H/t31-,32?,33?,34?,35?,39+,40-,41-,42+;;;;/m1..../s1. The molecule has 9 atom stereocenters. The third kappa shape index (κ3) is 8.86. The van der Waals surface area contributed by atoms with Gasteiger partial charge in [-0.05, 0) is 139 Å². The first-order valence-electron chi connectivity index (χ1n) is 21.7. The molecule has 0 spiro atoms. The van der Waals surface area contributed by atoms with E-state index in [2.05, 4.69) is 110 Å². The fraction of sp³-hybridized carbons (Fsp3) is 0.647. The summed E-state index contributed by atoms with van der Waals surface area (Å²) >= 11 is 0. The summed E-state index contributed by atoms with van der Waals surface area (Å²) in [5.74, 6) is 1.91. The van der Waals surface area contributed by atoms with Crippen molar-refractivity contribution >= 4 is 27.3 Å². The van der Waals surface area contributed by atoms with Gasteiger partial charge >= 0.3 is 5.97 Å². The minimum atomic E-state index is -3.01. The Morgan fingerprint density at radius 3 is 1.95 bits per heavy atom. The number of hydrogen-bond donors (Lipinski definition) is 2. The molecule has 1 amide bonds. The predicted molar refractivity (Wildman–Crippen MR) is 245 cm³/mol. The number of hydrogen-bond acceptors (Lipinski definition) is 5. The maximum Gasteiger partial charge on any atom is 0.335 e. The van der Waals surface area contributed by atoms with E-state index in [0.29, 0.717) is 42.3 Å². The smallest absolute Gasteiger partial charge is 0.335 e. The number of carbonyl (C=O) groups is 2. The van der Waals surface area contributed by atoms with Crippen LogP contribution in [0.1, 0.15) is 136 Å². The Balaban J connectivity index is 0.000000962. The van der Waals surface area contributed by atoms with E-state index >= 15 is 0 Å². The largest absolute Gasteiger partial charge is 0.478 e. The van der Waals surface area contributed by atoms with Crippen LogP contribution in [-0.2, 0) is 14.6 Å². The van der Waals surface area contributed by atoms with E-state index in [1.54, 1.807) is 18.2 Å². The Morgan fingerprint density at radius 2 is 1.41 bits per heavy atom. The zero-order valence-corrected chi connectivity index (χ0v) is 38.3. The highest BCUT2D eigenvalue weighted by atomic mass is 32.2. The van der Waals surface area contributed by atoms with Gasteiger partial charge in [0.05, 0.1) is 23.1 Å². The van der Waals surface area contributed by atoms with E-state index in [1.165, 1.54) is 44.1 Å². The van der Waals surface area contributed by atoms with Crippen molar-refractivity contribution in [2.24, 2.45) is 51.2 Å². The van der Waals surface area contributed by atoms with Crippen LogP contribution in [-0.4, -0.2) is 66.5 Å². The van der Waals surface area contributed by atoms with Crippen molar-refractivity contribution in [3.63, 3.8) is 0 Å². The van der Waals surface area contributed by atoms with Crippen LogP contribution in [0.5, 0.6) is 0 Å². The van der Waals surface area contributed by atoms with Crippen LogP contribution in [0.15, 0.2) is 43.0 Å². The Morgan fingerprint density at radius 1 is 0.831 bits per heavy atom. The maximum absolute atomic E-state index is 14.3. The Hall–Kier alpha value is -3.77. The molecule has 5 fully saturated rings. The summed E-state index contributed by atoms with van der Waals surface area (Å²) in [4.78, 5) is 28.0. The fourth-order valence-corrected chi connectivity index (χ4v) is 15.1. The molecule has 5 aliphatic carbocycles. The topological polar surface area (TPSA) is 104 Å². The average molecular weight is 827 g/mol. The number of sulfone groups is 1. The van der Waals surface area contributed by atoms with Gasteiger partial charge < -0.3 is 10.4 Å². The zero-order valence-electron chi connectivity index (χ0n) is 37.4. The molecule has 0 radical (unpaired) electrons. The summed E-state index contributed by atoms with van der Waals surface area (Å²) < 4.78 is 24.4. The number of fused-ring (bicyclic) bond motifs is 7. The van der Waals surface area contributed by atoms with Gasteiger partial charge in [0, 0.05) is 18.6 Å². The zero-order chi connectivity index (χ0) is 44.8. The number of nitrogens with one attached hydrogen (secondary N) is 1. The molecule has 7 rings (SSSR count). The highest BCUT2D eigenvalue weighted by molar-refractivity contribution is 7.91. The van der Waals surface area contributed by atoms with Crippen LogP contribution >= 0.6 is 0 Å². The SMILES string of the molecule is C#C.C#C.C#C.C=CC.CC(C)C(C(=O)N[C@]12CCCC1[C@H]1CCC3[C@@]4(C)CC=C(c5ccc(C(=O)O)cc5)C(C)(C)C4CC[C@@]3(C)[C@]1(C)CC2)N1CCS(=O)(=O)CC1. The van der Waals surface area contributed by atoms with Crippen molar-refractivity contribution < 1.29 is 23.1 Å². The molecule has 1 aromatic rings. The van der Waals surface area contributed by atoms with Crippen LogP contribution in [0, 0.1) is 89.8 Å². The number of carbonyl (C=O) groups excluding carboxylic acids is 1. The molecule has 8 heteroatoms. The minimum absolute atomic E-state index is 0.0141. The van der Waals surface area contributed by atoms with Gasteiger partial charge in [-0.1, -0.05) is 79.2 Å². The summed E-state index contributed by atoms with van der Waals surface area (Å²) in [5, 5.41) is 13.2. The van der Waals surface area contributed by atoms with Crippen molar-refractivity contribution in [2.75, 3.05) is 24.6 Å². The first-order chi connectivity index (χ1) is 27.8. The number of carboxylic acid groups (broad SMARTS) is 1. The van der Waals surface area contributed by atoms with Crippen molar-refractivity contribution in [3.05, 3.63) is 54.1 Å². The minimum Gasteiger partial charge on any atom is -0.478 e. The molecule has 0 bridgehead atoms. The van der Waals surface area contributed by atoms with Gasteiger partial charge in [0.1, 0.15) is 0 Å². The van der Waals surface area contributed by atoms with E-state index in [0.717, 1.165) is 31.2 Å². The molecule has 1 saturated heterocycles. The van der Waals surface area contributed by atoms with Gasteiger partial charge in [0.2, 0.25) is 5.91 Å². The lowest BCUT2D eigenvalue weighted by molar-refractivity contribution is -0.217. The lowest BCUT2D eigenvalue weighted by Crippen LogP contribution is -2.68. The molecule has 2 N–H and O–H groups in total. The third-order valence-electron chi connectivity index (χ3n) is 16.4. The molecule has 1 heterocycles. The number of aromatic carboxylic acids is 1. The van der Waals surface area contributed by atoms with Crippen molar-refractivity contribution in [3.8, 4) is 38.5 Å². The van der Waals surface area contributed by atoms with Gasteiger partial charge in [0.25, 0.3) is 0 Å². The second-order valence-electron chi connectivity index (χ2n) is 19.5. The summed E-state index contributed by atoms with van der Waals surface area (Å²) in [6.45, 7) is 23.1. The van der Waals surface area contributed by atoms with Gasteiger partial charge in [-0.2, -0.15) is 0 Å². The molecular formula is C51H74N2O5S. The number of nitrogens with zero attached hydrogens (tertiary/aromatic N) is 1. The van der Waals surface area contributed by atoms with Gasteiger partial charge in [-0.15, -0.1) is 45.1 Å². The highest BCUT2D eigenvalue weighted by Crippen LogP contribution is 2.76. The van der Waals surface area contributed by atoms with Crippen LogP contribution in [0.25, 0.3) is 5.57 Å². The number of rotatable bonds is 6. The summed E-state index contributed by atoms with van der Waals surface area (Å²) in [5.41, 5.74) is 3.33. The summed E-state index contributed by atoms with van der Waals surface area (Å²) in [7, 11) is -3.01.